The molecule has 3 rings (SSSR count). The molecule has 2 aromatic rings. The van der Waals surface area contributed by atoms with Crippen LogP contribution in [-0.4, -0.2) is 59.6 Å². The zero-order valence-electron chi connectivity index (χ0n) is 18.3. The number of benzene rings is 2. The van der Waals surface area contributed by atoms with Gasteiger partial charge in [-0.15, -0.1) is 0 Å². The van der Waals surface area contributed by atoms with Crippen molar-refractivity contribution in [3.05, 3.63) is 42.0 Å². The first kappa shape index (κ1) is 24.7. The van der Waals surface area contributed by atoms with E-state index in [2.05, 4.69) is 10.2 Å². The molecule has 0 unspecified atom stereocenters. The number of hydrogen-bond donors (Lipinski definition) is 1. The number of sulfone groups is 1. The zero-order chi connectivity index (χ0) is 24.0. The Labute approximate surface area is 191 Å². The molecule has 1 saturated heterocycles. The molecular formula is C22H26F2N2O6S. The van der Waals surface area contributed by atoms with Gasteiger partial charge in [-0.1, -0.05) is 0 Å². The molecule has 1 N–H and O–H groups in total. The van der Waals surface area contributed by atoms with Crippen molar-refractivity contribution in [2.24, 2.45) is 0 Å². The molecule has 33 heavy (non-hydrogen) atoms. The highest BCUT2D eigenvalue weighted by Crippen LogP contribution is 2.39. The molecule has 2 aromatic carbocycles. The number of amides is 1. The highest BCUT2D eigenvalue weighted by atomic mass is 32.2. The summed E-state index contributed by atoms with van der Waals surface area (Å²) in [6.07, 6.45) is 0. The molecule has 0 aliphatic carbocycles. The number of carbonyl (C=O) groups excluding carboxylic acids is 1. The molecule has 1 fully saturated rings. The van der Waals surface area contributed by atoms with Gasteiger partial charge in [0.1, 0.15) is 11.5 Å². The van der Waals surface area contributed by atoms with Crippen molar-refractivity contribution in [1.82, 2.24) is 0 Å². The van der Waals surface area contributed by atoms with Gasteiger partial charge in [-0.3, -0.25) is 4.79 Å². The minimum Gasteiger partial charge on any atom is -0.492 e. The lowest BCUT2D eigenvalue weighted by Gasteiger charge is -2.31. The lowest BCUT2D eigenvalue weighted by atomic mass is 10.1. The molecule has 1 heterocycles. The highest BCUT2D eigenvalue weighted by Gasteiger charge is 2.27. The van der Waals surface area contributed by atoms with Crippen LogP contribution in [0.25, 0.3) is 0 Å². The van der Waals surface area contributed by atoms with E-state index in [4.69, 9.17) is 14.2 Å². The van der Waals surface area contributed by atoms with E-state index < -0.39 is 26.4 Å². The lowest BCUT2D eigenvalue weighted by molar-refractivity contribution is 0.102. The summed E-state index contributed by atoms with van der Waals surface area (Å²) in [5.41, 5.74) is 1.29. The maximum atomic E-state index is 12.8. The largest absolute Gasteiger partial charge is 0.492 e. The van der Waals surface area contributed by atoms with Crippen molar-refractivity contribution in [1.29, 1.82) is 0 Å². The van der Waals surface area contributed by atoms with Crippen LogP contribution < -0.4 is 19.7 Å². The topological polar surface area (TPSA) is 94.2 Å². The third-order valence-electron chi connectivity index (χ3n) is 4.94. The quantitative estimate of drug-likeness (QED) is 0.582. The van der Waals surface area contributed by atoms with Crippen LogP contribution in [-0.2, 0) is 14.6 Å². The Morgan fingerprint density at radius 3 is 2.24 bits per heavy atom. The zero-order valence-corrected chi connectivity index (χ0v) is 19.2. The first-order valence-electron chi connectivity index (χ1n) is 10.5. The van der Waals surface area contributed by atoms with Gasteiger partial charge in [0.2, 0.25) is 9.84 Å². The van der Waals surface area contributed by atoms with E-state index in [1.807, 2.05) is 13.8 Å². The number of halogens is 2. The van der Waals surface area contributed by atoms with Crippen molar-refractivity contribution in [3.63, 3.8) is 0 Å². The first-order chi connectivity index (χ1) is 15.8. The summed E-state index contributed by atoms with van der Waals surface area (Å²) in [6.45, 7) is 7.00. The Morgan fingerprint density at radius 2 is 1.67 bits per heavy atom. The number of carbonyl (C=O) groups is 1. The monoisotopic (exact) mass is 484 g/mol. The van der Waals surface area contributed by atoms with E-state index in [-0.39, 0.29) is 5.56 Å². The van der Waals surface area contributed by atoms with Crippen LogP contribution >= 0.6 is 0 Å². The molecule has 0 saturated carbocycles. The number of rotatable bonds is 9. The van der Waals surface area contributed by atoms with Crippen LogP contribution in [0.15, 0.2) is 41.3 Å². The van der Waals surface area contributed by atoms with Crippen molar-refractivity contribution in [3.8, 4) is 11.5 Å². The molecule has 0 bridgehead atoms. The van der Waals surface area contributed by atoms with Gasteiger partial charge in [0.15, 0.2) is 0 Å². The average molecular weight is 485 g/mol. The summed E-state index contributed by atoms with van der Waals surface area (Å²) in [7, 11) is -4.73. The van der Waals surface area contributed by atoms with E-state index in [0.29, 0.717) is 56.7 Å². The minimum atomic E-state index is -4.73. The normalized spacial score (nSPS) is 14.3. The van der Waals surface area contributed by atoms with Crippen molar-refractivity contribution < 1.29 is 36.2 Å². The second-order valence-corrected chi connectivity index (χ2v) is 8.98. The number of anilines is 2. The smallest absolute Gasteiger partial charge is 0.341 e. The maximum absolute atomic E-state index is 12.8. The maximum Gasteiger partial charge on any atom is 0.341 e. The van der Waals surface area contributed by atoms with Gasteiger partial charge >= 0.3 is 5.76 Å². The number of nitrogens with one attached hydrogen (secondary N) is 1. The standard InChI is InChI=1S/C22H26F2N2O6S/c1-3-31-19-14-18(26-9-11-30-12-10-26)20(32-4-2)13-17(19)25-21(27)15-5-7-16(8-6-15)33(28,29)22(23)24/h5-8,13-14,22H,3-4,9-12H2,1-2H3,(H,25,27). The predicted octanol–water partition coefficient (Wildman–Crippen LogP) is 3.57. The number of hydrogen-bond acceptors (Lipinski definition) is 7. The molecule has 1 aliphatic heterocycles. The van der Waals surface area contributed by atoms with Crippen LogP contribution in [0.4, 0.5) is 20.2 Å². The minimum absolute atomic E-state index is 0.0980. The third-order valence-corrected chi connectivity index (χ3v) is 6.34. The van der Waals surface area contributed by atoms with Crippen LogP contribution in [0.2, 0.25) is 0 Å². The molecule has 1 aliphatic rings. The summed E-state index contributed by atoms with van der Waals surface area (Å²) < 4.78 is 65.6. The number of nitrogens with zero attached hydrogens (tertiary/aromatic N) is 1. The van der Waals surface area contributed by atoms with Crippen LogP contribution in [0.5, 0.6) is 11.5 Å². The van der Waals surface area contributed by atoms with Gasteiger partial charge in [-0.2, -0.15) is 8.78 Å². The van der Waals surface area contributed by atoms with Gasteiger partial charge in [0, 0.05) is 30.8 Å². The summed E-state index contributed by atoms with van der Waals surface area (Å²) in [5.74, 6) is -3.09. The Morgan fingerprint density at radius 1 is 1.06 bits per heavy atom. The predicted molar refractivity (Wildman–Crippen MR) is 119 cm³/mol. The van der Waals surface area contributed by atoms with Crippen LogP contribution in [0, 0.1) is 0 Å². The molecule has 8 nitrogen and oxygen atoms in total. The van der Waals surface area contributed by atoms with E-state index in [9.17, 15) is 22.0 Å². The Kier molecular flexibility index (Phi) is 8.09. The molecule has 0 aromatic heterocycles. The summed E-state index contributed by atoms with van der Waals surface area (Å²) in [6, 6.07) is 7.79. The lowest BCUT2D eigenvalue weighted by Crippen LogP contribution is -2.36. The second-order valence-electron chi connectivity index (χ2n) is 7.07. The van der Waals surface area contributed by atoms with Gasteiger partial charge in [-0.05, 0) is 38.1 Å². The first-order valence-corrected chi connectivity index (χ1v) is 12.0. The Hall–Kier alpha value is -2.92. The molecule has 1 amide bonds. The van der Waals surface area contributed by atoms with E-state index >= 15 is 0 Å². The van der Waals surface area contributed by atoms with Gasteiger partial charge in [0.25, 0.3) is 5.91 Å². The van der Waals surface area contributed by atoms with E-state index in [1.165, 1.54) is 12.1 Å². The van der Waals surface area contributed by atoms with E-state index in [0.717, 1.165) is 17.8 Å². The molecular weight excluding hydrogens is 458 g/mol. The van der Waals surface area contributed by atoms with Crippen LogP contribution in [0.1, 0.15) is 24.2 Å². The fourth-order valence-corrected chi connectivity index (χ4v) is 4.06. The molecule has 0 spiro atoms. The number of ether oxygens (including phenoxy) is 3. The van der Waals surface area contributed by atoms with Gasteiger partial charge < -0.3 is 24.4 Å². The van der Waals surface area contributed by atoms with Gasteiger partial charge in [0.05, 0.1) is 42.7 Å². The molecule has 0 atom stereocenters. The summed E-state index contributed by atoms with van der Waals surface area (Å²) in [5, 5.41) is 2.74. The van der Waals surface area contributed by atoms with Gasteiger partial charge in [-0.25, -0.2) is 8.42 Å². The van der Waals surface area contributed by atoms with Crippen LogP contribution in [0.3, 0.4) is 0 Å². The summed E-state index contributed by atoms with van der Waals surface area (Å²) >= 11 is 0. The summed E-state index contributed by atoms with van der Waals surface area (Å²) in [4.78, 5) is 14.3. The van der Waals surface area contributed by atoms with Crippen molar-refractivity contribution in [2.45, 2.75) is 24.5 Å². The SMILES string of the molecule is CCOc1cc(N2CCOCC2)c(OCC)cc1NC(=O)c1ccc(S(=O)(=O)C(F)F)cc1. The second kappa shape index (κ2) is 10.8. The van der Waals surface area contributed by atoms with E-state index in [1.54, 1.807) is 12.1 Å². The third kappa shape index (κ3) is 5.72. The highest BCUT2D eigenvalue weighted by molar-refractivity contribution is 7.91. The van der Waals surface area contributed by atoms with Crippen molar-refractivity contribution in [2.75, 3.05) is 49.7 Å². The number of morpholine rings is 1. The Balaban J connectivity index is 1.89. The molecule has 11 heteroatoms. The fourth-order valence-electron chi connectivity index (χ4n) is 3.34. The number of alkyl halides is 2. The fraction of sp³-hybridized carbons (Fsp3) is 0.409. The Bertz CT molecular complexity index is 1070. The van der Waals surface area contributed by atoms with Crippen molar-refractivity contribution >= 4 is 27.1 Å². The molecule has 0 radical (unpaired) electrons. The molecule has 180 valence electrons. The average Bonchev–Trinajstić information content (AvgIpc) is 2.81.